The van der Waals surface area contributed by atoms with E-state index in [4.69, 9.17) is 13.9 Å². The van der Waals surface area contributed by atoms with Gasteiger partial charge in [0.25, 0.3) is 11.6 Å². The summed E-state index contributed by atoms with van der Waals surface area (Å²) in [5, 5.41) is 18.4. The lowest BCUT2D eigenvalue weighted by Gasteiger charge is -2.34. The van der Waals surface area contributed by atoms with Crippen molar-refractivity contribution in [2.75, 3.05) is 56.7 Å². The number of nitro groups is 1. The van der Waals surface area contributed by atoms with Crippen molar-refractivity contribution in [3.8, 4) is 0 Å². The van der Waals surface area contributed by atoms with Crippen LogP contribution in [0.15, 0.2) is 28.7 Å². The summed E-state index contributed by atoms with van der Waals surface area (Å²) < 4.78 is 16.5. The van der Waals surface area contributed by atoms with Gasteiger partial charge in [-0.25, -0.2) is 9.59 Å². The van der Waals surface area contributed by atoms with E-state index >= 15 is 0 Å². The zero-order valence-electron chi connectivity index (χ0n) is 21.3. The van der Waals surface area contributed by atoms with Gasteiger partial charge in [0.15, 0.2) is 11.4 Å². The summed E-state index contributed by atoms with van der Waals surface area (Å²) in [4.78, 5) is 53.3. The molecule has 1 saturated heterocycles. The van der Waals surface area contributed by atoms with E-state index < -0.39 is 22.9 Å². The first-order valence-corrected chi connectivity index (χ1v) is 12.1. The summed E-state index contributed by atoms with van der Waals surface area (Å²) >= 11 is 0. The lowest BCUT2D eigenvalue weighted by atomic mass is 10.1. The number of furan rings is 1. The molecule has 0 radical (unpaired) electrons. The average Bonchev–Trinajstić information content (AvgIpc) is 3.48. The maximum atomic E-state index is 13.2. The fourth-order valence-electron chi connectivity index (χ4n) is 3.98. The Labute approximate surface area is 217 Å². The molecule has 1 aliphatic rings. The summed E-state index contributed by atoms with van der Waals surface area (Å²) in [6.45, 7) is 6.67. The van der Waals surface area contributed by atoms with Crippen molar-refractivity contribution in [1.82, 2.24) is 14.7 Å². The van der Waals surface area contributed by atoms with Gasteiger partial charge in [0.1, 0.15) is 11.1 Å². The highest BCUT2D eigenvalue weighted by Gasteiger charge is 2.28. The highest BCUT2D eigenvalue weighted by Crippen LogP contribution is 2.30. The Kier molecular flexibility index (Phi) is 7.90. The number of nitro benzene ring substituents is 1. The lowest BCUT2D eigenvalue weighted by molar-refractivity contribution is -0.385. The molecular weight excluding hydrogens is 500 g/mol. The van der Waals surface area contributed by atoms with E-state index in [9.17, 15) is 24.5 Å². The number of fused-ring (bicyclic) bond motifs is 1. The molecule has 4 rings (SSSR count). The summed E-state index contributed by atoms with van der Waals surface area (Å²) in [6.07, 6.45) is -0.272. The fourth-order valence-corrected chi connectivity index (χ4v) is 3.98. The van der Waals surface area contributed by atoms with Crippen molar-refractivity contribution in [3.05, 3.63) is 45.7 Å². The number of hydrogen-bond acceptors (Lipinski definition) is 11. The minimum Gasteiger partial charge on any atom is -0.460 e. The number of nitrogens with zero attached hydrogens (tertiary/aromatic N) is 5. The van der Waals surface area contributed by atoms with Crippen LogP contribution in [0.3, 0.4) is 0 Å². The van der Waals surface area contributed by atoms with Gasteiger partial charge in [-0.1, -0.05) is 6.92 Å². The van der Waals surface area contributed by atoms with Crippen molar-refractivity contribution in [2.24, 2.45) is 0 Å². The van der Waals surface area contributed by atoms with Crippen molar-refractivity contribution in [1.29, 1.82) is 0 Å². The van der Waals surface area contributed by atoms with Crippen LogP contribution in [0, 0.1) is 10.1 Å². The molecule has 202 valence electrons. The van der Waals surface area contributed by atoms with Gasteiger partial charge < -0.3 is 29.0 Å². The van der Waals surface area contributed by atoms with Gasteiger partial charge in [0.2, 0.25) is 5.76 Å². The van der Waals surface area contributed by atoms with Crippen LogP contribution in [0.5, 0.6) is 0 Å². The van der Waals surface area contributed by atoms with E-state index in [1.807, 2.05) is 18.9 Å². The second kappa shape index (κ2) is 11.3. The van der Waals surface area contributed by atoms with Crippen LogP contribution >= 0.6 is 0 Å². The van der Waals surface area contributed by atoms with Crippen molar-refractivity contribution < 1.29 is 33.2 Å². The number of amides is 1. The van der Waals surface area contributed by atoms with Gasteiger partial charge in [-0.15, -0.1) is 5.10 Å². The number of anilines is 2. The Bertz CT molecular complexity index is 1370. The molecular formula is C24H28N6O8. The molecule has 14 heteroatoms. The van der Waals surface area contributed by atoms with Crippen LogP contribution < -0.4 is 10.2 Å². The topological polar surface area (TPSA) is 162 Å². The molecule has 1 aliphatic heterocycles. The lowest BCUT2D eigenvalue weighted by Crippen LogP contribution is -2.44. The van der Waals surface area contributed by atoms with Gasteiger partial charge in [0.05, 0.1) is 18.1 Å². The number of rotatable bonds is 8. The second-order valence-electron chi connectivity index (χ2n) is 8.62. The smallest absolute Gasteiger partial charge is 0.435 e. The largest absolute Gasteiger partial charge is 0.460 e. The minimum atomic E-state index is -0.866. The quantitative estimate of drug-likeness (QED) is 0.260. The number of carbonyl (C=O) groups is 3. The van der Waals surface area contributed by atoms with Crippen LogP contribution in [0.4, 0.5) is 22.0 Å². The third kappa shape index (κ3) is 5.44. The van der Waals surface area contributed by atoms with Gasteiger partial charge in [-0.05, 0) is 32.5 Å². The number of piperazine rings is 1. The van der Waals surface area contributed by atoms with E-state index in [-0.39, 0.29) is 47.1 Å². The molecule has 3 heterocycles. The van der Waals surface area contributed by atoms with Gasteiger partial charge in [-0.2, -0.15) is 4.68 Å². The third-order valence-electron chi connectivity index (χ3n) is 5.96. The molecule has 38 heavy (non-hydrogen) atoms. The average molecular weight is 529 g/mol. The minimum absolute atomic E-state index is 0.0526. The molecule has 1 N–H and O–H groups in total. The first-order valence-electron chi connectivity index (χ1n) is 12.1. The number of aromatic nitrogens is 2. The highest BCUT2D eigenvalue weighted by molar-refractivity contribution is 6.10. The predicted molar refractivity (Wildman–Crippen MR) is 136 cm³/mol. The maximum absolute atomic E-state index is 13.2. The molecule has 0 atom stereocenters. The van der Waals surface area contributed by atoms with Crippen LogP contribution in [0.25, 0.3) is 11.1 Å². The van der Waals surface area contributed by atoms with Gasteiger partial charge in [-0.3, -0.25) is 14.9 Å². The maximum Gasteiger partial charge on any atom is 0.435 e. The van der Waals surface area contributed by atoms with E-state index in [1.54, 1.807) is 13.0 Å². The Morgan fingerprint density at radius 3 is 2.53 bits per heavy atom. The number of ether oxygens (including phenoxy) is 2. The molecule has 0 aliphatic carbocycles. The molecule has 0 spiro atoms. The summed E-state index contributed by atoms with van der Waals surface area (Å²) in [5.74, 6) is -2.03. The fraction of sp³-hybridized carbons (Fsp3) is 0.417. The molecule has 3 aromatic rings. The molecule has 14 nitrogen and oxygen atoms in total. The SMILES string of the molecule is CCCOC(=O)c1cc2c(o1)c(NC(=O)c1ccc(N3CCN(C)CC3)cc1[N+](=O)[O-])nn2C(=O)OCC. The number of likely N-dealkylation sites (N-methyl/N-ethyl adjacent to an activating group) is 1. The third-order valence-corrected chi connectivity index (χ3v) is 5.96. The van der Waals surface area contributed by atoms with E-state index in [1.165, 1.54) is 18.2 Å². The van der Waals surface area contributed by atoms with Crippen molar-refractivity contribution >= 4 is 46.3 Å². The summed E-state index contributed by atoms with van der Waals surface area (Å²) in [5.41, 5.74) is 0.00870. The standard InChI is InChI=1S/C24H28N6O8/c1-4-12-37-23(32)19-14-18-20(38-19)21(26-29(18)24(33)36-5-2)25-22(31)16-7-6-15(13-17(16)30(34)35)28-10-8-27(3)9-11-28/h6-7,13-14H,4-5,8-12H2,1-3H3,(H,25,26,31). The molecule has 0 saturated carbocycles. The molecule has 0 unspecified atom stereocenters. The normalized spacial score (nSPS) is 13.9. The highest BCUT2D eigenvalue weighted by atomic mass is 16.6. The van der Waals surface area contributed by atoms with Crippen LogP contribution in [0.2, 0.25) is 0 Å². The number of benzene rings is 1. The first kappa shape index (κ1) is 26.6. The Balaban J connectivity index is 1.66. The number of nitrogens with one attached hydrogen (secondary N) is 1. The van der Waals surface area contributed by atoms with Crippen molar-refractivity contribution in [3.63, 3.8) is 0 Å². The molecule has 1 aromatic carbocycles. The zero-order valence-corrected chi connectivity index (χ0v) is 21.3. The van der Waals surface area contributed by atoms with Crippen LogP contribution in [-0.2, 0) is 9.47 Å². The van der Waals surface area contributed by atoms with E-state index in [0.717, 1.165) is 17.8 Å². The number of carbonyl (C=O) groups excluding carboxylic acids is 3. The van der Waals surface area contributed by atoms with Crippen LogP contribution in [0.1, 0.15) is 41.2 Å². The molecule has 0 bridgehead atoms. The van der Waals surface area contributed by atoms with Crippen molar-refractivity contribution in [2.45, 2.75) is 20.3 Å². The summed E-state index contributed by atoms with van der Waals surface area (Å²) in [7, 11) is 2.00. The predicted octanol–water partition coefficient (Wildman–Crippen LogP) is 3.11. The monoisotopic (exact) mass is 528 g/mol. The van der Waals surface area contributed by atoms with E-state index in [2.05, 4.69) is 15.3 Å². The zero-order chi connectivity index (χ0) is 27.4. The van der Waals surface area contributed by atoms with E-state index in [0.29, 0.717) is 25.2 Å². The Morgan fingerprint density at radius 2 is 1.87 bits per heavy atom. The van der Waals surface area contributed by atoms with Gasteiger partial charge in [0, 0.05) is 44.0 Å². The first-order chi connectivity index (χ1) is 18.2. The summed E-state index contributed by atoms with van der Waals surface area (Å²) in [6, 6.07) is 5.63. The Hall–Kier alpha value is -4.46. The molecule has 1 amide bonds. The van der Waals surface area contributed by atoms with Crippen LogP contribution in [-0.4, -0.2) is 84.0 Å². The Morgan fingerprint density at radius 1 is 1.13 bits per heavy atom. The molecule has 2 aromatic heterocycles. The number of esters is 1. The molecule has 1 fully saturated rings. The second-order valence-corrected chi connectivity index (χ2v) is 8.62. The number of hydrogen-bond donors (Lipinski definition) is 1. The van der Waals surface area contributed by atoms with Gasteiger partial charge >= 0.3 is 12.1 Å².